The summed E-state index contributed by atoms with van der Waals surface area (Å²) in [7, 11) is 0. The number of hydrogen-bond donors (Lipinski definition) is 1. The molecule has 9 heteroatoms. The minimum atomic E-state index is -1.04. The van der Waals surface area contributed by atoms with Gasteiger partial charge in [-0.15, -0.1) is 0 Å². The van der Waals surface area contributed by atoms with Crippen LogP contribution in [0.4, 0.5) is 4.79 Å². The highest BCUT2D eigenvalue weighted by molar-refractivity contribution is 6.08. The second kappa shape index (κ2) is 9.40. The van der Waals surface area contributed by atoms with Gasteiger partial charge in [0.25, 0.3) is 0 Å². The highest BCUT2D eigenvalue weighted by Crippen LogP contribution is 2.30. The average molecular weight is 402 g/mol. The summed E-state index contributed by atoms with van der Waals surface area (Å²) < 4.78 is 10.1. The van der Waals surface area contributed by atoms with Gasteiger partial charge < -0.3 is 19.3 Å². The normalized spacial score (nSPS) is 21.9. The lowest BCUT2D eigenvalue weighted by Crippen LogP contribution is -2.58. The van der Waals surface area contributed by atoms with Crippen molar-refractivity contribution in [2.75, 3.05) is 39.4 Å². The molecular weight excluding hydrogens is 376 g/mol. The van der Waals surface area contributed by atoms with E-state index in [9.17, 15) is 14.4 Å². The third-order valence-corrected chi connectivity index (χ3v) is 4.88. The molecule has 1 aromatic carbocycles. The zero-order chi connectivity index (χ0) is 20.8. The third kappa shape index (κ3) is 4.67. The van der Waals surface area contributed by atoms with E-state index in [1.807, 2.05) is 35.2 Å². The van der Waals surface area contributed by atoms with Crippen LogP contribution in [0.25, 0.3) is 0 Å². The maximum absolute atomic E-state index is 12.8. The smallest absolute Gasteiger partial charge is 0.409 e. The molecular formula is C20H26N4O5. The van der Waals surface area contributed by atoms with Gasteiger partial charge in [0.2, 0.25) is 11.9 Å². The Morgan fingerprint density at radius 3 is 2.34 bits per heavy atom. The van der Waals surface area contributed by atoms with E-state index >= 15 is 0 Å². The molecule has 0 aliphatic carbocycles. The monoisotopic (exact) mass is 402 g/mol. The highest BCUT2D eigenvalue weighted by Gasteiger charge is 2.42. The molecule has 2 aliphatic rings. The molecule has 0 spiro atoms. The zero-order valence-corrected chi connectivity index (χ0v) is 16.7. The second-order valence-corrected chi connectivity index (χ2v) is 6.70. The van der Waals surface area contributed by atoms with Gasteiger partial charge in [-0.3, -0.25) is 14.9 Å². The van der Waals surface area contributed by atoms with E-state index in [1.165, 1.54) is 0 Å². The molecule has 156 valence electrons. The molecule has 2 amide bonds. The lowest BCUT2D eigenvalue weighted by molar-refractivity contribution is -0.153. The number of nitrogens with one attached hydrogen (secondary N) is 1. The molecule has 3 rings (SSSR count). The van der Waals surface area contributed by atoms with Crippen LogP contribution in [-0.4, -0.2) is 73.1 Å². The van der Waals surface area contributed by atoms with Crippen LogP contribution in [0.15, 0.2) is 35.3 Å². The molecule has 2 unspecified atom stereocenters. The van der Waals surface area contributed by atoms with Crippen molar-refractivity contribution in [1.82, 2.24) is 15.1 Å². The summed E-state index contributed by atoms with van der Waals surface area (Å²) in [5.74, 6) is -1.65. The first-order chi connectivity index (χ1) is 14.0. The van der Waals surface area contributed by atoms with Crippen LogP contribution in [0.5, 0.6) is 0 Å². The van der Waals surface area contributed by atoms with Gasteiger partial charge in [0.15, 0.2) is 5.92 Å². The Labute approximate surface area is 169 Å². The summed E-state index contributed by atoms with van der Waals surface area (Å²) in [6, 6.07) is 8.58. The van der Waals surface area contributed by atoms with E-state index < -0.39 is 23.8 Å². The molecule has 2 heterocycles. The average Bonchev–Trinajstić information content (AvgIpc) is 2.74. The number of nitrogens with zero attached hydrogens (tertiary/aromatic N) is 3. The van der Waals surface area contributed by atoms with Gasteiger partial charge in [-0.25, -0.2) is 9.79 Å². The fourth-order valence-corrected chi connectivity index (χ4v) is 3.43. The predicted octanol–water partition coefficient (Wildman–Crippen LogP) is 1.17. The number of carbonyl (C=O) groups excluding carboxylic acids is 3. The van der Waals surface area contributed by atoms with Crippen molar-refractivity contribution in [2.24, 2.45) is 10.9 Å². The highest BCUT2D eigenvalue weighted by atomic mass is 16.6. The van der Waals surface area contributed by atoms with Crippen LogP contribution in [-0.2, 0) is 19.1 Å². The zero-order valence-electron chi connectivity index (χ0n) is 16.7. The Bertz CT molecular complexity index is 774. The van der Waals surface area contributed by atoms with E-state index in [1.54, 1.807) is 18.7 Å². The van der Waals surface area contributed by atoms with E-state index in [-0.39, 0.29) is 12.7 Å². The molecule has 0 bridgehead atoms. The molecule has 2 aliphatic heterocycles. The van der Waals surface area contributed by atoms with Crippen molar-refractivity contribution in [3.8, 4) is 0 Å². The molecule has 1 N–H and O–H groups in total. The lowest BCUT2D eigenvalue weighted by Gasteiger charge is -2.38. The number of benzene rings is 1. The summed E-state index contributed by atoms with van der Waals surface area (Å²) in [4.78, 5) is 45.3. The summed E-state index contributed by atoms with van der Waals surface area (Å²) >= 11 is 0. The van der Waals surface area contributed by atoms with Crippen molar-refractivity contribution >= 4 is 23.9 Å². The Balaban J connectivity index is 1.80. The van der Waals surface area contributed by atoms with Crippen molar-refractivity contribution in [2.45, 2.75) is 19.9 Å². The lowest BCUT2D eigenvalue weighted by atomic mass is 9.91. The van der Waals surface area contributed by atoms with Gasteiger partial charge in [-0.2, -0.15) is 0 Å². The van der Waals surface area contributed by atoms with Crippen LogP contribution in [0.1, 0.15) is 25.5 Å². The van der Waals surface area contributed by atoms with Gasteiger partial charge in [-0.1, -0.05) is 30.3 Å². The van der Waals surface area contributed by atoms with Crippen LogP contribution in [0.2, 0.25) is 0 Å². The summed E-state index contributed by atoms with van der Waals surface area (Å²) in [5, 5.41) is 2.75. The third-order valence-electron chi connectivity index (χ3n) is 4.88. The van der Waals surface area contributed by atoms with Crippen LogP contribution < -0.4 is 5.32 Å². The summed E-state index contributed by atoms with van der Waals surface area (Å²) in [6.45, 7) is 5.92. The van der Waals surface area contributed by atoms with E-state index in [4.69, 9.17) is 14.5 Å². The number of amides is 2. The van der Waals surface area contributed by atoms with Crippen molar-refractivity contribution in [3.05, 3.63) is 35.9 Å². The predicted molar refractivity (Wildman–Crippen MR) is 105 cm³/mol. The minimum Gasteiger partial charge on any atom is -0.465 e. The number of hydrogen-bond acceptors (Lipinski definition) is 7. The topological polar surface area (TPSA) is 101 Å². The van der Waals surface area contributed by atoms with Crippen LogP contribution in [0.3, 0.4) is 0 Å². The molecule has 9 nitrogen and oxygen atoms in total. The standard InChI is InChI=1S/C20H26N4O5/c1-3-28-18(26)15-16(14-8-6-5-7-9-14)21-19(22-17(15)25)23-10-12-24(13-11-23)20(27)29-4-2/h5-9,15-16H,3-4,10-13H2,1-2H3,(H,21,22,25). The molecule has 1 aromatic rings. The Morgan fingerprint density at radius 1 is 1.07 bits per heavy atom. The van der Waals surface area contributed by atoms with Gasteiger partial charge in [0.1, 0.15) is 6.04 Å². The SMILES string of the molecule is CCOC(=O)C1C(=O)NC(N2CCN(C(=O)OCC)CC2)=NC1c1ccccc1. The number of aliphatic imine (C=N–C) groups is 1. The molecule has 1 saturated heterocycles. The molecule has 0 aromatic heterocycles. The number of piperazine rings is 1. The summed E-state index contributed by atoms with van der Waals surface area (Å²) in [6.07, 6.45) is -0.341. The van der Waals surface area contributed by atoms with Crippen LogP contribution in [0, 0.1) is 5.92 Å². The number of guanidine groups is 1. The van der Waals surface area contributed by atoms with Crippen molar-refractivity contribution in [1.29, 1.82) is 0 Å². The quantitative estimate of drug-likeness (QED) is 0.599. The molecule has 0 saturated carbocycles. The van der Waals surface area contributed by atoms with Gasteiger partial charge in [0, 0.05) is 26.2 Å². The first-order valence-corrected chi connectivity index (χ1v) is 9.82. The fourth-order valence-electron chi connectivity index (χ4n) is 3.43. The molecule has 2 atom stereocenters. The largest absolute Gasteiger partial charge is 0.465 e. The van der Waals surface area contributed by atoms with Gasteiger partial charge in [0.05, 0.1) is 13.2 Å². The molecule has 0 radical (unpaired) electrons. The fraction of sp³-hybridized carbons (Fsp3) is 0.500. The first kappa shape index (κ1) is 20.6. The summed E-state index contributed by atoms with van der Waals surface area (Å²) in [5.41, 5.74) is 0.767. The number of ether oxygens (including phenoxy) is 2. The first-order valence-electron chi connectivity index (χ1n) is 9.82. The molecule has 1 fully saturated rings. The van der Waals surface area contributed by atoms with E-state index in [0.29, 0.717) is 38.7 Å². The van der Waals surface area contributed by atoms with Crippen molar-refractivity contribution in [3.63, 3.8) is 0 Å². The van der Waals surface area contributed by atoms with Crippen LogP contribution >= 0.6 is 0 Å². The Kier molecular flexibility index (Phi) is 6.69. The maximum atomic E-state index is 12.8. The Hall–Kier alpha value is -3.10. The second-order valence-electron chi connectivity index (χ2n) is 6.70. The van der Waals surface area contributed by atoms with Crippen molar-refractivity contribution < 1.29 is 23.9 Å². The number of esters is 1. The Morgan fingerprint density at radius 2 is 1.72 bits per heavy atom. The van der Waals surface area contributed by atoms with E-state index in [2.05, 4.69) is 5.32 Å². The molecule has 29 heavy (non-hydrogen) atoms. The van der Waals surface area contributed by atoms with Gasteiger partial charge >= 0.3 is 12.1 Å². The van der Waals surface area contributed by atoms with Gasteiger partial charge in [-0.05, 0) is 19.4 Å². The minimum absolute atomic E-state index is 0.191. The van der Waals surface area contributed by atoms with E-state index in [0.717, 1.165) is 5.56 Å². The number of carbonyl (C=O) groups is 3. The maximum Gasteiger partial charge on any atom is 0.409 e. The number of rotatable bonds is 4.